The lowest BCUT2D eigenvalue weighted by atomic mass is 9.90. The fraction of sp³-hybridized carbons (Fsp3) is 0.667. The molecule has 72 valence electrons. The van der Waals surface area contributed by atoms with E-state index in [-0.39, 0.29) is 12.5 Å². The SMILES string of the molecule is C#CCNC(=O)C1(N)CCOCC1. The molecule has 0 atom stereocenters. The molecule has 0 radical (unpaired) electrons. The molecule has 0 aromatic carbocycles. The molecule has 1 fully saturated rings. The summed E-state index contributed by atoms with van der Waals surface area (Å²) in [5, 5.41) is 2.59. The van der Waals surface area contributed by atoms with Gasteiger partial charge in [0.15, 0.2) is 0 Å². The van der Waals surface area contributed by atoms with Crippen LogP contribution in [0.4, 0.5) is 0 Å². The van der Waals surface area contributed by atoms with E-state index in [0.29, 0.717) is 26.1 Å². The Bertz CT molecular complexity index is 226. The predicted octanol–water partition coefficient (Wildman–Crippen LogP) is -0.756. The summed E-state index contributed by atoms with van der Waals surface area (Å²) in [7, 11) is 0. The summed E-state index contributed by atoms with van der Waals surface area (Å²) in [6.07, 6.45) is 6.14. The lowest BCUT2D eigenvalue weighted by Crippen LogP contribution is -2.56. The Morgan fingerprint density at radius 1 is 1.62 bits per heavy atom. The number of nitrogens with two attached hydrogens (primary N) is 1. The van der Waals surface area contributed by atoms with Crippen LogP contribution in [0.2, 0.25) is 0 Å². The van der Waals surface area contributed by atoms with Crippen molar-refractivity contribution in [3.63, 3.8) is 0 Å². The first-order valence-corrected chi connectivity index (χ1v) is 4.27. The van der Waals surface area contributed by atoms with Gasteiger partial charge < -0.3 is 15.8 Å². The highest BCUT2D eigenvalue weighted by Gasteiger charge is 2.35. The van der Waals surface area contributed by atoms with Crippen LogP contribution in [0.25, 0.3) is 0 Å². The van der Waals surface area contributed by atoms with Crippen LogP contribution < -0.4 is 11.1 Å². The first kappa shape index (κ1) is 10.0. The zero-order chi connectivity index (χ0) is 9.73. The molecule has 4 nitrogen and oxygen atoms in total. The third-order valence-corrected chi connectivity index (χ3v) is 2.19. The fourth-order valence-corrected chi connectivity index (χ4v) is 1.27. The van der Waals surface area contributed by atoms with Crippen LogP contribution in [0.1, 0.15) is 12.8 Å². The molecule has 1 rings (SSSR count). The largest absolute Gasteiger partial charge is 0.381 e. The van der Waals surface area contributed by atoms with Gasteiger partial charge in [-0.1, -0.05) is 5.92 Å². The number of rotatable bonds is 2. The van der Waals surface area contributed by atoms with Crippen LogP contribution >= 0.6 is 0 Å². The average molecular weight is 182 g/mol. The Labute approximate surface area is 77.8 Å². The van der Waals surface area contributed by atoms with E-state index in [9.17, 15) is 4.79 Å². The van der Waals surface area contributed by atoms with Crippen molar-refractivity contribution in [2.75, 3.05) is 19.8 Å². The molecule has 1 amide bonds. The summed E-state index contributed by atoms with van der Waals surface area (Å²) < 4.78 is 5.12. The van der Waals surface area contributed by atoms with E-state index in [1.165, 1.54) is 0 Å². The van der Waals surface area contributed by atoms with Crippen molar-refractivity contribution in [2.24, 2.45) is 5.73 Å². The van der Waals surface area contributed by atoms with Gasteiger partial charge >= 0.3 is 0 Å². The van der Waals surface area contributed by atoms with Gasteiger partial charge in [-0.3, -0.25) is 4.79 Å². The van der Waals surface area contributed by atoms with Crippen LogP contribution in [0.3, 0.4) is 0 Å². The summed E-state index contributed by atoms with van der Waals surface area (Å²) in [5.74, 6) is 2.16. The van der Waals surface area contributed by atoms with E-state index in [4.69, 9.17) is 16.9 Å². The standard InChI is InChI=1S/C9H14N2O2/c1-2-5-11-8(12)9(10)3-6-13-7-4-9/h1H,3-7,10H2,(H,11,12). The van der Waals surface area contributed by atoms with Crippen LogP contribution in [0.15, 0.2) is 0 Å². The number of ether oxygens (including phenoxy) is 1. The van der Waals surface area contributed by atoms with Gasteiger partial charge in [-0.2, -0.15) is 0 Å². The average Bonchev–Trinajstić information content (AvgIpc) is 2.15. The quantitative estimate of drug-likeness (QED) is 0.552. The van der Waals surface area contributed by atoms with Crippen LogP contribution in [0.5, 0.6) is 0 Å². The molecular formula is C9H14N2O2. The molecule has 0 unspecified atom stereocenters. The van der Waals surface area contributed by atoms with E-state index in [1.807, 2.05) is 0 Å². The van der Waals surface area contributed by atoms with Gasteiger partial charge in [0.05, 0.1) is 12.1 Å². The molecule has 0 aromatic heterocycles. The van der Waals surface area contributed by atoms with Crippen molar-refractivity contribution in [1.82, 2.24) is 5.32 Å². The monoisotopic (exact) mass is 182 g/mol. The zero-order valence-corrected chi connectivity index (χ0v) is 7.51. The maximum Gasteiger partial charge on any atom is 0.241 e. The molecule has 1 aliphatic heterocycles. The normalized spacial score (nSPS) is 20.3. The highest BCUT2D eigenvalue weighted by atomic mass is 16.5. The number of nitrogens with one attached hydrogen (secondary N) is 1. The predicted molar refractivity (Wildman–Crippen MR) is 48.8 cm³/mol. The number of carbonyl (C=O) groups is 1. The molecule has 1 heterocycles. The van der Waals surface area contributed by atoms with Crippen molar-refractivity contribution in [2.45, 2.75) is 18.4 Å². The van der Waals surface area contributed by atoms with Crippen LogP contribution in [0, 0.1) is 12.3 Å². The number of amides is 1. The van der Waals surface area contributed by atoms with Crippen LogP contribution in [-0.2, 0) is 9.53 Å². The molecule has 0 spiro atoms. The van der Waals surface area contributed by atoms with Crippen molar-refractivity contribution < 1.29 is 9.53 Å². The van der Waals surface area contributed by atoms with Gasteiger partial charge in [0.1, 0.15) is 0 Å². The molecular weight excluding hydrogens is 168 g/mol. The first-order chi connectivity index (χ1) is 6.19. The first-order valence-electron chi connectivity index (χ1n) is 4.27. The second-order valence-corrected chi connectivity index (χ2v) is 3.16. The molecule has 1 saturated heterocycles. The molecule has 4 heteroatoms. The van der Waals surface area contributed by atoms with Crippen molar-refractivity contribution in [3.05, 3.63) is 0 Å². The number of hydrogen-bond donors (Lipinski definition) is 2. The Kier molecular flexibility index (Phi) is 3.29. The Morgan fingerprint density at radius 3 is 2.77 bits per heavy atom. The minimum absolute atomic E-state index is 0.172. The Morgan fingerprint density at radius 2 is 2.23 bits per heavy atom. The molecule has 0 aliphatic carbocycles. The third-order valence-electron chi connectivity index (χ3n) is 2.19. The number of carbonyl (C=O) groups excluding carboxylic acids is 1. The lowest BCUT2D eigenvalue weighted by Gasteiger charge is -2.31. The Hall–Kier alpha value is -1.05. The van der Waals surface area contributed by atoms with Gasteiger partial charge in [0.2, 0.25) is 5.91 Å². The number of terminal acetylenes is 1. The topological polar surface area (TPSA) is 64.4 Å². The molecule has 13 heavy (non-hydrogen) atoms. The van der Waals surface area contributed by atoms with Crippen molar-refractivity contribution in [3.8, 4) is 12.3 Å². The molecule has 0 saturated carbocycles. The van der Waals surface area contributed by atoms with Crippen molar-refractivity contribution >= 4 is 5.91 Å². The number of hydrogen-bond acceptors (Lipinski definition) is 3. The second-order valence-electron chi connectivity index (χ2n) is 3.16. The van der Waals surface area contributed by atoms with E-state index in [0.717, 1.165) is 0 Å². The maximum absolute atomic E-state index is 11.5. The van der Waals surface area contributed by atoms with Gasteiger partial charge in [-0.05, 0) is 12.8 Å². The van der Waals surface area contributed by atoms with Gasteiger partial charge in [0, 0.05) is 13.2 Å². The van der Waals surface area contributed by atoms with Crippen molar-refractivity contribution in [1.29, 1.82) is 0 Å². The zero-order valence-electron chi connectivity index (χ0n) is 7.51. The minimum atomic E-state index is -0.783. The second kappa shape index (κ2) is 4.26. The summed E-state index contributed by atoms with van der Waals surface area (Å²) in [5.41, 5.74) is 5.10. The van der Waals surface area contributed by atoms with Crippen LogP contribution in [-0.4, -0.2) is 31.2 Å². The van der Waals surface area contributed by atoms with Gasteiger partial charge in [0.25, 0.3) is 0 Å². The highest BCUT2D eigenvalue weighted by molar-refractivity contribution is 5.86. The van der Waals surface area contributed by atoms with E-state index >= 15 is 0 Å². The van der Waals surface area contributed by atoms with E-state index in [2.05, 4.69) is 11.2 Å². The fourth-order valence-electron chi connectivity index (χ4n) is 1.27. The summed E-state index contributed by atoms with van der Waals surface area (Å²) in [6, 6.07) is 0. The molecule has 3 N–H and O–H groups in total. The minimum Gasteiger partial charge on any atom is -0.381 e. The van der Waals surface area contributed by atoms with E-state index in [1.54, 1.807) is 0 Å². The third kappa shape index (κ3) is 2.44. The maximum atomic E-state index is 11.5. The van der Waals surface area contributed by atoms with E-state index < -0.39 is 5.54 Å². The Balaban J connectivity index is 2.47. The summed E-state index contributed by atoms with van der Waals surface area (Å²) in [6.45, 7) is 1.32. The summed E-state index contributed by atoms with van der Waals surface area (Å²) >= 11 is 0. The highest BCUT2D eigenvalue weighted by Crippen LogP contribution is 2.17. The molecule has 0 bridgehead atoms. The van der Waals surface area contributed by atoms with Gasteiger partial charge in [-0.15, -0.1) is 6.42 Å². The summed E-state index contributed by atoms with van der Waals surface area (Å²) in [4.78, 5) is 11.5. The smallest absolute Gasteiger partial charge is 0.241 e. The molecule has 0 aromatic rings. The lowest BCUT2D eigenvalue weighted by molar-refractivity contribution is -0.129. The van der Waals surface area contributed by atoms with Gasteiger partial charge in [-0.25, -0.2) is 0 Å². The molecule has 1 aliphatic rings.